The lowest BCUT2D eigenvalue weighted by Crippen LogP contribution is -2.15. The van der Waals surface area contributed by atoms with Crippen LogP contribution >= 0.6 is 15.9 Å². The summed E-state index contributed by atoms with van der Waals surface area (Å²) >= 11 is 3.40. The molecule has 0 amide bonds. The molecule has 4 heteroatoms. The Kier molecular flexibility index (Phi) is 5.95. The zero-order chi connectivity index (χ0) is 12.8. The molecule has 0 bridgehead atoms. The first-order valence-electron chi connectivity index (χ1n) is 5.67. The van der Waals surface area contributed by atoms with E-state index in [1.165, 1.54) is 0 Å². The number of methoxy groups -OCH3 is 1. The van der Waals surface area contributed by atoms with Gasteiger partial charge >= 0.3 is 0 Å². The summed E-state index contributed by atoms with van der Waals surface area (Å²) < 4.78 is 11.8. The van der Waals surface area contributed by atoms with Crippen LogP contribution in [0.5, 0.6) is 5.75 Å². The van der Waals surface area contributed by atoms with Crippen LogP contribution in [0.1, 0.15) is 31.9 Å². The van der Waals surface area contributed by atoms with Gasteiger partial charge < -0.3 is 14.6 Å². The van der Waals surface area contributed by atoms with Gasteiger partial charge in [0, 0.05) is 30.2 Å². The number of hydrogen-bond donors (Lipinski definition) is 1. The Morgan fingerprint density at radius 2 is 2.06 bits per heavy atom. The zero-order valence-electron chi connectivity index (χ0n) is 10.4. The van der Waals surface area contributed by atoms with E-state index in [0.717, 1.165) is 22.2 Å². The molecule has 0 fully saturated rings. The van der Waals surface area contributed by atoms with Gasteiger partial charge in [0.2, 0.25) is 0 Å². The highest BCUT2D eigenvalue weighted by atomic mass is 79.9. The topological polar surface area (TPSA) is 38.7 Å². The van der Waals surface area contributed by atoms with Gasteiger partial charge in [-0.3, -0.25) is 0 Å². The van der Waals surface area contributed by atoms with Gasteiger partial charge in [-0.1, -0.05) is 22.0 Å². The molecule has 0 aromatic heterocycles. The maximum Gasteiger partial charge on any atom is 0.126 e. The number of halogens is 1. The Morgan fingerprint density at radius 1 is 1.35 bits per heavy atom. The number of rotatable bonds is 6. The Morgan fingerprint density at radius 3 is 2.65 bits per heavy atom. The second kappa shape index (κ2) is 6.99. The van der Waals surface area contributed by atoms with Gasteiger partial charge in [0.05, 0.1) is 12.2 Å². The molecule has 0 aliphatic heterocycles. The summed E-state index contributed by atoms with van der Waals surface area (Å²) in [5, 5.41) is 9.66. The highest BCUT2D eigenvalue weighted by Crippen LogP contribution is 2.29. The smallest absolute Gasteiger partial charge is 0.126 e. The van der Waals surface area contributed by atoms with Crippen LogP contribution in [-0.4, -0.2) is 24.9 Å². The molecule has 17 heavy (non-hydrogen) atoms. The molecule has 0 spiro atoms. The summed E-state index contributed by atoms with van der Waals surface area (Å²) in [6, 6.07) is 5.65. The van der Waals surface area contributed by atoms with Crippen LogP contribution in [0.4, 0.5) is 0 Å². The number of aliphatic hydroxyl groups is 1. The monoisotopic (exact) mass is 302 g/mol. The standard InChI is InChI=1S/C13H19BrO3/c1-9(6-7-16-3)17-13-8-11(14)4-5-12(13)10(2)15/h4-5,8-10,15H,6-7H2,1-3H3/t9?,10-/m0/s1. The third-order valence-electron chi connectivity index (χ3n) is 2.48. The quantitative estimate of drug-likeness (QED) is 0.876. The Labute approximate surface area is 111 Å². The molecule has 3 nitrogen and oxygen atoms in total. The van der Waals surface area contributed by atoms with Gasteiger partial charge in [0.15, 0.2) is 0 Å². The van der Waals surface area contributed by atoms with Crippen molar-refractivity contribution in [2.24, 2.45) is 0 Å². The van der Waals surface area contributed by atoms with Crippen molar-refractivity contribution in [1.82, 2.24) is 0 Å². The predicted octanol–water partition coefficient (Wildman–Crippen LogP) is 3.31. The lowest BCUT2D eigenvalue weighted by Gasteiger charge is -2.18. The van der Waals surface area contributed by atoms with Crippen LogP contribution < -0.4 is 4.74 Å². The van der Waals surface area contributed by atoms with Crippen LogP contribution in [0.3, 0.4) is 0 Å². The van der Waals surface area contributed by atoms with E-state index in [0.29, 0.717) is 6.61 Å². The Balaban J connectivity index is 2.77. The molecule has 1 aromatic rings. The first-order chi connectivity index (χ1) is 8.04. The molecule has 0 aliphatic carbocycles. The van der Waals surface area contributed by atoms with Gasteiger partial charge in [-0.05, 0) is 26.0 Å². The van der Waals surface area contributed by atoms with E-state index in [4.69, 9.17) is 9.47 Å². The van der Waals surface area contributed by atoms with Crippen molar-refractivity contribution in [3.63, 3.8) is 0 Å². The number of benzene rings is 1. The highest BCUT2D eigenvalue weighted by molar-refractivity contribution is 9.10. The van der Waals surface area contributed by atoms with E-state index < -0.39 is 6.10 Å². The largest absolute Gasteiger partial charge is 0.490 e. The average molecular weight is 303 g/mol. The van der Waals surface area contributed by atoms with Gasteiger partial charge in [0.1, 0.15) is 5.75 Å². The third kappa shape index (κ3) is 4.66. The summed E-state index contributed by atoms with van der Waals surface area (Å²) in [5.74, 6) is 0.720. The van der Waals surface area contributed by atoms with Crippen molar-refractivity contribution in [3.8, 4) is 5.75 Å². The minimum atomic E-state index is -0.535. The van der Waals surface area contributed by atoms with E-state index in [1.807, 2.05) is 25.1 Å². The SMILES string of the molecule is COCCC(C)Oc1cc(Br)ccc1[C@H](C)O. The molecule has 0 saturated heterocycles. The fourth-order valence-corrected chi connectivity index (χ4v) is 1.85. The molecule has 1 N–H and O–H groups in total. The first kappa shape index (κ1) is 14.5. The van der Waals surface area contributed by atoms with Crippen LogP contribution in [0.25, 0.3) is 0 Å². The lowest BCUT2D eigenvalue weighted by atomic mass is 10.1. The van der Waals surface area contributed by atoms with Crippen molar-refractivity contribution in [2.45, 2.75) is 32.5 Å². The zero-order valence-corrected chi connectivity index (χ0v) is 12.0. The minimum Gasteiger partial charge on any atom is -0.490 e. The van der Waals surface area contributed by atoms with Crippen LogP contribution in [0, 0.1) is 0 Å². The van der Waals surface area contributed by atoms with Crippen molar-refractivity contribution in [1.29, 1.82) is 0 Å². The van der Waals surface area contributed by atoms with Crippen molar-refractivity contribution in [3.05, 3.63) is 28.2 Å². The molecule has 96 valence electrons. The molecular weight excluding hydrogens is 284 g/mol. The van der Waals surface area contributed by atoms with Crippen molar-refractivity contribution >= 4 is 15.9 Å². The van der Waals surface area contributed by atoms with Gasteiger partial charge in [-0.25, -0.2) is 0 Å². The van der Waals surface area contributed by atoms with Crippen LogP contribution in [0.15, 0.2) is 22.7 Å². The average Bonchev–Trinajstić information content (AvgIpc) is 2.26. The van der Waals surface area contributed by atoms with E-state index in [9.17, 15) is 5.11 Å². The fraction of sp³-hybridized carbons (Fsp3) is 0.538. The summed E-state index contributed by atoms with van der Waals surface area (Å²) in [7, 11) is 1.67. The molecule has 0 saturated carbocycles. The fourth-order valence-electron chi connectivity index (χ4n) is 1.51. The predicted molar refractivity (Wildman–Crippen MR) is 71.4 cm³/mol. The van der Waals surface area contributed by atoms with Crippen molar-refractivity contribution < 1.29 is 14.6 Å². The van der Waals surface area contributed by atoms with Gasteiger partial charge in [0.25, 0.3) is 0 Å². The van der Waals surface area contributed by atoms with Gasteiger partial charge in [-0.15, -0.1) is 0 Å². The molecule has 1 unspecified atom stereocenters. The first-order valence-corrected chi connectivity index (χ1v) is 6.47. The second-order valence-electron chi connectivity index (χ2n) is 4.07. The molecule has 2 atom stereocenters. The van der Waals surface area contributed by atoms with E-state index in [1.54, 1.807) is 14.0 Å². The number of hydrogen-bond acceptors (Lipinski definition) is 3. The van der Waals surface area contributed by atoms with Crippen LogP contribution in [0.2, 0.25) is 0 Å². The molecular formula is C13H19BrO3. The van der Waals surface area contributed by atoms with E-state index >= 15 is 0 Å². The van der Waals surface area contributed by atoms with E-state index in [-0.39, 0.29) is 6.10 Å². The summed E-state index contributed by atoms with van der Waals surface area (Å²) in [5.41, 5.74) is 0.803. The molecule has 1 aromatic carbocycles. The lowest BCUT2D eigenvalue weighted by molar-refractivity contribution is 0.130. The maximum atomic E-state index is 9.66. The Hall–Kier alpha value is -0.580. The molecule has 0 heterocycles. The summed E-state index contributed by atoms with van der Waals surface area (Å²) in [6.45, 7) is 4.39. The molecule has 0 radical (unpaired) electrons. The molecule has 1 rings (SSSR count). The third-order valence-corrected chi connectivity index (χ3v) is 2.98. The summed E-state index contributed by atoms with van der Waals surface area (Å²) in [6.07, 6.45) is 0.344. The van der Waals surface area contributed by atoms with Gasteiger partial charge in [-0.2, -0.15) is 0 Å². The number of ether oxygens (including phenoxy) is 2. The minimum absolute atomic E-state index is 0.0572. The summed E-state index contributed by atoms with van der Waals surface area (Å²) in [4.78, 5) is 0. The van der Waals surface area contributed by atoms with E-state index in [2.05, 4.69) is 15.9 Å². The Bertz CT molecular complexity index is 353. The normalized spacial score (nSPS) is 14.4. The highest BCUT2D eigenvalue weighted by Gasteiger charge is 2.12. The number of aliphatic hydroxyl groups excluding tert-OH is 1. The maximum absolute atomic E-state index is 9.66. The molecule has 0 aliphatic rings. The second-order valence-corrected chi connectivity index (χ2v) is 4.98. The van der Waals surface area contributed by atoms with Crippen LogP contribution in [-0.2, 0) is 4.74 Å². The van der Waals surface area contributed by atoms with Crippen molar-refractivity contribution in [2.75, 3.05) is 13.7 Å².